The molecule has 4 heteroatoms. The lowest BCUT2D eigenvalue weighted by Crippen LogP contribution is -2.21. The molecule has 0 aromatic carbocycles. The van der Waals surface area contributed by atoms with Gasteiger partial charge in [-0.05, 0) is 19.3 Å². The van der Waals surface area contributed by atoms with E-state index in [1.807, 2.05) is 0 Å². The van der Waals surface area contributed by atoms with Gasteiger partial charge in [0.25, 0.3) is 0 Å². The highest BCUT2D eigenvalue weighted by atomic mass is 31.1. The fraction of sp³-hybridized carbons (Fsp3) is 0.857. The van der Waals surface area contributed by atoms with Crippen molar-refractivity contribution in [3.05, 3.63) is 0 Å². The van der Waals surface area contributed by atoms with Crippen molar-refractivity contribution in [1.82, 2.24) is 0 Å². The molecule has 0 aromatic rings. The zero-order valence-corrected chi connectivity index (χ0v) is 12.2. The molecular weight excluding hydrogens is 243 g/mol. The van der Waals surface area contributed by atoms with Gasteiger partial charge in [-0.15, -0.1) is 0 Å². The third-order valence-corrected chi connectivity index (χ3v) is 4.40. The van der Waals surface area contributed by atoms with Crippen LogP contribution < -0.4 is 0 Å². The van der Waals surface area contributed by atoms with Crippen LogP contribution in [-0.2, 0) is 4.57 Å². The lowest BCUT2D eigenvalue weighted by molar-refractivity contribution is 0.430. The molecule has 3 nitrogen and oxygen atoms in total. The smallest absolute Gasteiger partial charge is 0.162 e. The van der Waals surface area contributed by atoms with Gasteiger partial charge in [-0.1, -0.05) is 39.0 Å². The Kier molecular flexibility index (Phi) is 10.6. The lowest BCUT2D eigenvalue weighted by Gasteiger charge is -2.24. The minimum Gasteiger partial charge on any atom is -0.274 e. The van der Waals surface area contributed by atoms with E-state index >= 15 is 0 Å². The highest BCUT2D eigenvalue weighted by molar-refractivity contribution is 7.26. The molecule has 0 amide bonds. The fourth-order valence-corrected chi connectivity index (χ4v) is 2.80. The van der Waals surface area contributed by atoms with Crippen molar-refractivity contribution in [3.8, 4) is 12.1 Å². The Balaban J connectivity index is 4.21. The predicted molar refractivity (Wildman–Crippen MR) is 73.4 cm³/mol. The van der Waals surface area contributed by atoms with Crippen molar-refractivity contribution in [3.63, 3.8) is 0 Å². The van der Waals surface area contributed by atoms with E-state index in [0.29, 0.717) is 25.7 Å². The summed E-state index contributed by atoms with van der Waals surface area (Å²) in [7, 11) is 0.104. The summed E-state index contributed by atoms with van der Waals surface area (Å²) >= 11 is 0. The molecule has 18 heavy (non-hydrogen) atoms. The minimum atomic E-state index is -0.336. The number of nitriles is 2. The number of hydrogen-bond donors (Lipinski definition) is 0. The summed E-state index contributed by atoms with van der Waals surface area (Å²) in [5.74, 6) is 0. The second-order valence-electron chi connectivity index (χ2n) is 4.80. The summed E-state index contributed by atoms with van der Waals surface area (Å²) < 4.78 is 11.4. The molecule has 0 aliphatic rings. The summed E-state index contributed by atoms with van der Waals surface area (Å²) in [5.41, 5.74) is 0. The molecule has 0 aliphatic carbocycles. The van der Waals surface area contributed by atoms with E-state index in [9.17, 15) is 4.57 Å². The van der Waals surface area contributed by atoms with Crippen LogP contribution in [0.1, 0.15) is 71.1 Å². The van der Waals surface area contributed by atoms with E-state index < -0.39 is 0 Å². The summed E-state index contributed by atoms with van der Waals surface area (Å²) in [5, 5.41) is 17.0. The first-order chi connectivity index (χ1) is 8.74. The zero-order chi connectivity index (χ0) is 13.7. The van der Waals surface area contributed by atoms with Crippen LogP contribution in [-0.4, -0.2) is 5.16 Å². The van der Waals surface area contributed by atoms with Crippen LogP contribution in [0.4, 0.5) is 0 Å². The van der Waals surface area contributed by atoms with Gasteiger partial charge >= 0.3 is 0 Å². The van der Waals surface area contributed by atoms with Gasteiger partial charge in [0.15, 0.2) is 8.46 Å². The summed E-state index contributed by atoms with van der Waals surface area (Å²) in [6.07, 6.45) is 8.89. The number of unbranched alkanes of at least 4 members (excludes halogenated alkanes) is 4. The summed E-state index contributed by atoms with van der Waals surface area (Å²) in [6.45, 7) is 2.18. The van der Waals surface area contributed by atoms with Crippen molar-refractivity contribution in [2.45, 2.75) is 76.3 Å². The van der Waals surface area contributed by atoms with Gasteiger partial charge in [-0.3, -0.25) is 4.57 Å². The first-order valence-corrected chi connectivity index (χ1v) is 7.64. The molecule has 0 aromatic heterocycles. The van der Waals surface area contributed by atoms with E-state index in [-0.39, 0.29) is 13.6 Å². The van der Waals surface area contributed by atoms with Crippen molar-refractivity contribution < 1.29 is 4.57 Å². The first kappa shape index (κ1) is 17.1. The molecule has 0 aliphatic heterocycles. The van der Waals surface area contributed by atoms with Crippen LogP contribution in [0.25, 0.3) is 0 Å². The molecular formula is C14H23N2OP. The number of nitrogens with zero attached hydrogens (tertiary/aromatic N) is 2. The summed E-state index contributed by atoms with van der Waals surface area (Å²) in [6, 6.07) is 4.24. The molecule has 0 bridgehead atoms. The van der Waals surface area contributed by atoms with Gasteiger partial charge in [0.1, 0.15) is 0 Å². The molecule has 0 saturated heterocycles. The van der Waals surface area contributed by atoms with E-state index in [0.717, 1.165) is 19.3 Å². The van der Waals surface area contributed by atoms with Gasteiger partial charge in [0.05, 0.1) is 17.3 Å². The minimum absolute atomic E-state index is 0.104. The maximum Gasteiger partial charge on any atom is 0.162 e. The van der Waals surface area contributed by atoms with Gasteiger partial charge in [-0.25, -0.2) is 0 Å². The molecule has 0 saturated carbocycles. The quantitative estimate of drug-likeness (QED) is 0.391. The van der Waals surface area contributed by atoms with Crippen molar-refractivity contribution in [2.24, 2.45) is 0 Å². The Morgan fingerprint density at radius 3 is 1.94 bits per heavy atom. The van der Waals surface area contributed by atoms with Crippen LogP contribution in [0, 0.1) is 22.7 Å². The SMILES string of the molecule is CCCCCCCC(CCC#N)(CCC#N)P=O. The molecule has 0 rings (SSSR count). The first-order valence-electron chi connectivity index (χ1n) is 6.83. The standard InChI is InChI=1S/C14H23N2OP/c1-2-3-4-5-6-9-14(18-17,10-7-12-15)11-8-13-16/h2-11H2,1H3. The second-order valence-corrected chi connectivity index (χ2v) is 5.93. The van der Waals surface area contributed by atoms with E-state index in [4.69, 9.17) is 10.5 Å². The van der Waals surface area contributed by atoms with Crippen LogP contribution >= 0.6 is 8.46 Å². The van der Waals surface area contributed by atoms with Crippen LogP contribution in [0.5, 0.6) is 0 Å². The molecule has 0 spiro atoms. The third-order valence-electron chi connectivity index (χ3n) is 3.34. The van der Waals surface area contributed by atoms with E-state index in [1.165, 1.54) is 19.3 Å². The highest BCUT2D eigenvalue weighted by Gasteiger charge is 2.29. The Morgan fingerprint density at radius 1 is 0.944 bits per heavy atom. The molecule has 0 N–H and O–H groups in total. The Hall–Kier alpha value is -0.920. The fourth-order valence-electron chi connectivity index (χ4n) is 2.15. The highest BCUT2D eigenvalue weighted by Crippen LogP contribution is 2.38. The molecule has 0 heterocycles. The van der Waals surface area contributed by atoms with Crippen molar-refractivity contribution in [1.29, 1.82) is 10.5 Å². The Labute approximate surface area is 112 Å². The molecule has 0 unspecified atom stereocenters. The topological polar surface area (TPSA) is 64.7 Å². The monoisotopic (exact) mass is 266 g/mol. The van der Waals surface area contributed by atoms with Crippen LogP contribution in [0.3, 0.4) is 0 Å². The predicted octanol–water partition coefficient (Wildman–Crippen LogP) is 4.98. The Bertz CT molecular complexity index is 286. The van der Waals surface area contributed by atoms with Crippen molar-refractivity contribution in [2.75, 3.05) is 0 Å². The zero-order valence-electron chi connectivity index (χ0n) is 11.3. The Morgan fingerprint density at radius 2 is 1.50 bits per heavy atom. The maximum absolute atomic E-state index is 11.4. The van der Waals surface area contributed by atoms with Gasteiger partial charge < -0.3 is 0 Å². The largest absolute Gasteiger partial charge is 0.274 e. The maximum atomic E-state index is 11.4. The average molecular weight is 266 g/mol. The van der Waals surface area contributed by atoms with Gasteiger partial charge in [0, 0.05) is 12.8 Å². The molecule has 0 fully saturated rings. The molecule has 0 atom stereocenters. The molecule has 100 valence electrons. The number of rotatable bonds is 11. The van der Waals surface area contributed by atoms with E-state index in [1.54, 1.807) is 0 Å². The van der Waals surface area contributed by atoms with Gasteiger partial charge in [-0.2, -0.15) is 10.5 Å². The van der Waals surface area contributed by atoms with Crippen LogP contribution in [0.2, 0.25) is 0 Å². The average Bonchev–Trinajstić information content (AvgIpc) is 2.41. The summed E-state index contributed by atoms with van der Waals surface area (Å²) in [4.78, 5) is 0. The third kappa shape index (κ3) is 7.41. The normalized spacial score (nSPS) is 11.1. The van der Waals surface area contributed by atoms with E-state index in [2.05, 4.69) is 19.1 Å². The van der Waals surface area contributed by atoms with Crippen molar-refractivity contribution >= 4 is 8.46 Å². The van der Waals surface area contributed by atoms with Crippen LogP contribution in [0.15, 0.2) is 0 Å². The van der Waals surface area contributed by atoms with Gasteiger partial charge in [0.2, 0.25) is 0 Å². The second kappa shape index (κ2) is 11.2. The number of hydrogen-bond acceptors (Lipinski definition) is 3. The molecule has 0 radical (unpaired) electrons. The lowest BCUT2D eigenvalue weighted by atomic mass is 9.90.